The lowest BCUT2D eigenvalue weighted by Crippen LogP contribution is -2.37. The molecule has 0 saturated carbocycles. The summed E-state index contributed by atoms with van der Waals surface area (Å²) >= 11 is 12.0. The number of anilines is 1. The molecule has 0 saturated heterocycles. The molecule has 0 radical (unpaired) electrons. The molecule has 0 aliphatic carbocycles. The fraction of sp³-hybridized carbons (Fsp3) is 0.136. The molecule has 0 aliphatic heterocycles. The van der Waals surface area contributed by atoms with Crippen LogP contribution in [0.2, 0.25) is 10.0 Å². The summed E-state index contributed by atoms with van der Waals surface area (Å²) in [6.45, 7) is 1.19. The van der Waals surface area contributed by atoms with Gasteiger partial charge < -0.3 is 5.32 Å². The third-order valence-corrected chi connectivity index (χ3v) is 8.26. The van der Waals surface area contributed by atoms with E-state index in [1.165, 1.54) is 42.5 Å². The van der Waals surface area contributed by atoms with Crippen molar-refractivity contribution in [2.24, 2.45) is 5.14 Å². The third-order valence-electron chi connectivity index (χ3n) is 4.79. The largest absolute Gasteiger partial charge is 0.325 e. The Labute approximate surface area is 208 Å². The van der Waals surface area contributed by atoms with Gasteiger partial charge in [-0.1, -0.05) is 47.0 Å². The van der Waals surface area contributed by atoms with E-state index in [-0.39, 0.29) is 27.0 Å². The molecule has 0 fully saturated rings. The molecular weight excluding hydrogens is 521 g/mol. The summed E-state index contributed by atoms with van der Waals surface area (Å²) in [4.78, 5) is 12.7. The van der Waals surface area contributed by atoms with Gasteiger partial charge in [0.1, 0.15) is 0 Å². The first-order chi connectivity index (χ1) is 15.9. The lowest BCUT2D eigenvalue weighted by atomic mass is 10.2. The Balaban J connectivity index is 1.87. The first kappa shape index (κ1) is 26.1. The van der Waals surface area contributed by atoms with Crippen molar-refractivity contribution in [3.63, 3.8) is 0 Å². The number of sulfonamides is 2. The summed E-state index contributed by atoms with van der Waals surface area (Å²) in [7, 11) is -7.93. The highest BCUT2D eigenvalue weighted by molar-refractivity contribution is 7.89. The smallest absolute Gasteiger partial charge is 0.243 e. The number of halogens is 2. The quantitative estimate of drug-likeness (QED) is 0.448. The standard InChI is InChI=1S/C22H21Cl2N3O5S2/c1-15-2-7-19(8-3-15)34(31,32)27(13-16-4-11-20(23)21(24)12-16)14-22(28)26-17-5-9-18(10-6-17)33(25,29)30/h2-12H,13-14H2,1H3,(H,26,28)(H2,25,29,30). The minimum absolute atomic E-state index is 0.0310. The average molecular weight is 542 g/mol. The molecule has 34 heavy (non-hydrogen) atoms. The van der Waals surface area contributed by atoms with Crippen molar-refractivity contribution in [1.82, 2.24) is 4.31 Å². The number of rotatable bonds is 8. The van der Waals surface area contributed by atoms with Crippen LogP contribution in [0.4, 0.5) is 5.69 Å². The maximum Gasteiger partial charge on any atom is 0.243 e. The van der Waals surface area contributed by atoms with Gasteiger partial charge in [0.2, 0.25) is 26.0 Å². The van der Waals surface area contributed by atoms with Gasteiger partial charge in [0, 0.05) is 12.2 Å². The Morgan fingerprint density at radius 3 is 2.03 bits per heavy atom. The predicted molar refractivity (Wildman–Crippen MR) is 132 cm³/mol. The summed E-state index contributed by atoms with van der Waals surface area (Å²) in [5, 5.41) is 8.21. The van der Waals surface area contributed by atoms with Gasteiger partial charge in [-0.2, -0.15) is 4.31 Å². The normalized spacial score (nSPS) is 12.0. The second-order valence-electron chi connectivity index (χ2n) is 7.45. The van der Waals surface area contributed by atoms with Crippen molar-refractivity contribution in [1.29, 1.82) is 0 Å². The van der Waals surface area contributed by atoms with Crippen molar-refractivity contribution in [2.45, 2.75) is 23.3 Å². The lowest BCUT2D eigenvalue weighted by molar-refractivity contribution is -0.116. The highest BCUT2D eigenvalue weighted by Crippen LogP contribution is 2.25. The number of carbonyl (C=O) groups excluding carboxylic acids is 1. The van der Waals surface area contributed by atoms with Crippen molar-refractivity contribution in [2.75, 3.05) is 11.9 Å². The summed E-state index contributed by atoms with van der Waals surface area (Å²) in [5.74, 6) is -0.626. The Morgan fingerprint density at radius 2 is 1.47 bits per heavy atom. The van der Waals surface area contributed by atoms with Gasteiger partial charge in [0.25, 0.3) is 0 Å². The Hall–Kier alpha value is -2.47. The average Bonchev–Trinajstić information content (AvgIpc) is 2.76. The number of hydrogen-bond acceptors (Lipinski definition) is 5. The SMILES string of the molecule is Cc1ccc(S(=O)(=O)N(CC(=O)Nc2ccc(S(N)(=O)=O)cc2)Cc2ccc(Cl)c(Cl)c2)cc1. The maximum atomic E-state index is 13.3. The molecule has 0 bridgehead atoms. The van der Waals surface area contributed by atoms with Crippen LogP contribution in [-0.4, -0.2) is 33.6 Å². The van der Waals surface area contributed by atoms with Crippen LogP contribution in [0.25, 0.3) is 0 Å². The number of benzene rings is 3. The van der Waals surface area contributed by atoms with Gasteiger partial charge in [0.05, 0.1) is 26.4 Å². The summed E-state index contributed by atoms with van der Waals surface area (Å²) in [5.41, 5.74) is 1.70. The van der Waals surface area contributed by atoms with E-state index in [0.717, 1.165) is 9.87 Å². The molecule has 3 rings (SSSR count). The monoisotopic (exact) mass is 541 g/mol. The zero-order valence-corrected chi connectivity index (χ0v) is 21.0. The van der Waals surface area contributed by atoms with Crippen LogP contribution < -0.4 is 10.5 Å². The van der Waals surface area contributed by atoms with Crippen molar-refractivity contribution < 1.29 is 21.6 Å². The fourth-order valence-corrected chi connectivity index (χ4v) is 5.24. The van der Waals surface area contributed by atoms with Crippen LogP contribution in [0.5, 0.6) is 0 Å². The van der Waals surface area contributed by atoms with Gasteiger partial charge in [-0.25, -0.2) is 22.0 Å². The number of nitrogens with zero attached hydrogens (tertiary/aromatic N) is 1. The molecule has 3 N–H and O–H groups in total. The minimum atomic E-state index is -4.05. The summed E-state index contributed by atoms with van der Waals surface area (Å²) in [6, 6.07) is 16.2. The molecule has 0 aliphatic rings. The van der Waals surface area contributed by atoms with E-state index in [1.54, 1.807) is 24.3 Å². The predicted octanol–water partition coefficient (Wildman–Crippen LogP) is 3.78. The van der Waals surface area contributed by atoms with Crippen molar-refractivity contribution >= 4 is 54.8 Å². The molecule has 0 spiro atoms. The first-order valence-electron chi connectivity index (χ1n) is 9.80. The minimum Gasteiger partial charge on any atom is -0.325 e. The van der Waals surface area contributed by atoms with E-state index in [0.29, 0.717) is 10.6 Å². The number of nitrogens with two attached hydrogens (primary N) is 1. The van der Waals surface area contributed by atoms with E-state index in [2.05, 4.69) is 5.32 Å². The first-order valence-corrected chi connectivity index (χ1v) is 13.5. The molecule has 1 amide bonds. The highest BCUT2D eigenvalue weighted by Gasteiger charge is 2.27. The molecule has 180 valence electrons. The lowest BCUT2D eigenvalue weighted by Gasteiger charge is -2.22. The summed E-state index contributed by atoms with van der Waals surface area (Å²) in [6.07, 6.45) is 0. The van der Waals surface area contributed by atoms with Gasteiger partial charge in [-0.3, -0.25) is 4.79 Å². The van der Waals surface area contributed by atoms with Gasteiger partial charge >= 0.3 is 0 Å². The summed E-state index contributed by atoms with van der Waals surface area (Å²) < 4.78 is 50.5. The molecule has 12 heteroatoms. The number of carbonyl (C=O) groups is 1. The molecule has 3 aromatic carbocycles. The van der Waals surface area contributed by atoms with E-state index in [1.807, 2.05) is 6.92 Å². The molecule has 8 nitrogen and oxygen atoms in total. The second-order valence-corrected chi connectivity index (χ2v) is 11.8. The topological polar surface area (TPSA) is 127 Å². The Bertz CT molecular complexity index is 1410. The van der Waals surface area contributed by atoms with Crippen LogP contribution >= 0.6 is 23.2 Å². The molecule has 0 unspecified atom stereocenters. The Morgan fingerprint density at radius 1 is 0.882 bits per heavy atom. The van der Waals surface area contributed by atoms with E-state index < -0.39 is 32.5 Å². The van der Waals surface area contributed by atoms with Gasteiger partial charge in [-0.05, 0) is 61.0 Å². The number of hydrogen-bond donors (Lipinski definition) is 2. The van der Waals surface area contributed by atoms with Crippen LogP contribution in [0.3, 0.4) is 0 Å². The van der Waals surface area contributed by atoms with E-state index in [4.69, 9.17) is 28.3 Å². The number of amides is 1. The number of nitrogens with one attached hydrogen (secondary N) is 1. The number of aryl methyl sites for hydroxylation is 1. The molecule has 0 aromatic heterocycles. The van der Waals surface area contributed by atoms with Crippen LogP contribution in [0, 0.1) is 6.92 Å². The van der Waals surface area contributed by atoms with Crippen molar-refractivity contribution in [3.8, 4) is 0 Å². The van der Waals surface area contributed by atoms with Crippen LogP contribution in [-0.2, 0) is 31.4 Å². The fourth-order valence-electron chi connectivity index (χ4n) is 3.02. The van der Waals surface area contributed by atoms with Crippen molar-refractivity contribution in [3.05, 3.63) is 87.9 Å². The number of primary sulfonamides is 1. The third kappa shape index (κ3) is 6.56. The Kier molecular flexibility index (Phi) is 8.02. The molecule has 3 aromatic rings. The second kappa shape index (κ2) is 10.4. The van der Waals surface area contributed by atoms with Crippen LogP contribution in [0.1, 0.15) is 11.1 Å². The van der Waals surface area contributed by atoms with Crippen LogP contribution in [0.15, 0.2) is 76.5 Å². The molecule has 0 heterocycles. The molecule has 0 atom stereocenters. The maximum absolute atomic E-state index is 13.3. The van der Waals surface area contributed by atoms with E-state index in [9.17, 15) is 21.6 Å². The van der Waals surface area contributed by atoms with Gasteiger partial charge in [-0.15, -0.1) is 0 Å². The molecular formula is C22H21Cl2N3O5S2. The highest BCUT2D eigenvalue weighted by atomic mass is 35.5. The van der Waals surface area contributed by atoms with Gasteiger partial charge in [0.15, 0.2) is 0 Å². The zero-order valence-electron chi connectivity index (χ0n) is 17.9. The van der Waals surface area contributed by atoms with E-state index >= 15 is 0 Å². The zero-order chi connectivity index (χ0) is 25.1.